The fraction of sp³-hybridized carbons (Fsp3) is 0.700. The van der Waals surface area contributed by atoms with Gasteiger partial charge in [0, 0.05) is 25.7 Å². The van der Waals surface area contributed by atoms with E-state index in [1.54, 1.807) is 0 Å². The Labute approximate surface area is 169 Å². The van der Waals surface area contributed by atoms with Crippen LogP contribution in [0.1, 0.15) is 40.0 Å². The maximum absolute atomic E-state index is 12.0. The van der Waals surface area contributed by atoms with E-state index in [1.807, 2.05) is 11.0 Å². The van der Waals surface area contributed by atoms with Crippen molar-refractivity contribution >= 4 is 28.1 Å². The van der Waals surface area contributed by atoms with E-state index >= 15 is 0 Å². The van der Waals surface area contributed by atoms with Gasteiger partial charge in [0.15, 0.2) is 5.52 Å². The van der Waals surface area contributed by atoms with Gasteiger partial charge in [-0.15, -0.1) is 0 Å². The molecular formula is C20H27N5O4. The van der Waals surface area contributed by atoms with Gasteiger partial charge in [-0.2, -0.15) is 0 Å². The maximum atomic E-state index is 12.0. The molecule has 0 amide bonds. The van der Waals surface area contributed by atoms with Crippen molar-refractivity contribution in [2.45, 2.75) is 46.1 Å². The summed E-state index contributed by atoms with van der Waals surface area (Å²) in [6.07, 6.45) is 3.41. The summed E-state index contributed by atoms with van der Waals surface area (Å²) in [5.74, 6) is 0. The van der Waals surface area contributed by atoms with Crippen LogP contribution in [0.3, 0.4) is 0 Å². The molecule has 3 aliphatic rings. The average Bonchev–Trinajstić information content (AvgIpc) is 3.22. The van der Waals surface area contributed by atoms with Crippen molar-refractivity contribution in [3.8, 4) is 0 Å². The Hall–Kier alpha value is -2.42. The molecule has 3 fully saturated rings. The van der Waals surface area contributed by atoms with Crippen molar-refractivity contribution in [2.75, 3.05) is 42.6 Å². The monoisotopic (exact) mass is 401 g/mol. The fourth-order valence-electron chi connectivity index (χ4n) is 6.09. The first-order valence-corrected chi connectivity index (χ1v) is 10.3. The third-order valence-electron chi connectivity index (χ3n) is 6.73. The molecule has 9 heteroatoms. The van der Waals surface area contributed by atoms with E-state index in [0.29, 0.717) is 43.5 Å². The van der Waals surface area contributed by atoms with Crippen LogP contribution in [0.25, 0.3) is 11.0 Å². The second-order valence-corrected chi connectivity index (χ2v) is 9.92. The van der Waals surface area contributed by atoms with Crippen LogP contribution in [0, 0.1) is 20.9 Å². The Balaban J connectivity index is 1.66. The van der Waals surface area contributed by atoms with Crippen LogP contribution in [-0.2, 0) is 4.74 Å². The van der Waals surface area contributed by atoms with Crippen molar-refractivity contribution in [2.24, 2.45) is 10.8 Å². The van der Waals surface area contributed by atoms with Gasteiger partial charge < -0.3 is 14.5 Å². The number of rotatable bonds is 3. The number of hydrogen-bond donors (Lipinski definition) is 0. The van der Waals surface area contributed by atoms with Gasteiger partial charge >= 0.3 is 5.69 Å². The van der Waals surface area contributed by atoms with E-state index in [4.69, 9.17) is 9.37 Å². The van der Waals surface area contributed by atoms with Crippen LogP contribution >= 0.6 is 0 Å². The molecule has 5 rings (SSSR count). The number of ether oxygens (including phenoxy) is 1. The molecule has 0 radical (unpaired) electrons. The fourth-order valence-corrected chi connectivity index (χ4v) is 6.09. The van der Waals surface area contributed by atoms with E-state index in [-0.39, 0.29) is 27.0 Å². The molecule has 2 unspecified atom stereocenters. The standard InChI is InChI=1S/C20H27N5O4/c1-19(2)9-13-10-20(3,11-19)12-24(13)14-8-15(23-4-6-28-7-5-23)18(25(26)27)17-16(14)21-29-22-17/h8,13H,4-7,9-12H2,1-3H3. The third kappa shape index (κ3) is 3.02. The minimum absolute atomic E-state index is 0.0272. The molecule has 156 valence electrons. The predicted molar refractivity (Wildman–Crippen MR) is 108 cm³/mol. The zero-order valence-electron chi connectivity index (χ0n) is 17.2. The lowest BCUT2D eigenvalue weighted by Crippen LogP contribution is -2.37. The molecule has 29 heavy (non-hydrogen) atoms. The van der Waals surface area contributed by atoms with Gasteiger partial charge in [0.2, 0.25) is 5.52 Å². The average molecular weight is 401 g/mol. The Kier molecular flexibility index (Phi) is 4.03. The third-order valence-corrected chi connectivity index (χ3v) is 6.73. The first-order valence-electron chi connectivity index (χ1n) is 10.3. The van der Waals surface area contributed by atoms with Gasteiger partial charge in [0.05, 0.1) is 23.8 Å². The largest absolute Gasteiger partial charge is 0.378 e. The number of nitro groups is 1. The molecule has 2 atom stereocenters. The van der Waals surface area contributed by atoms with Gasteiger partial charge in [-0.1, -0.05) is 20.8 Å². The first-order chi connectivity index (χ1) is 13.8. The van der Waals surface area contributed by atoms with E-state index in [0.717, 1.165) is 25.1 Å². The highest BCUT2D eigenvalue weighted by Crippen LogP contribution is 2.55. The van der Waals surface area contributed by atoms with Crippen LogP contribution in [-0.4, -0.2) is 54.1 Å². The van der Waals surface area contributed by atoms with Crippen LogP contribution in [0.5, 0.6) is 0 Å². The zero-order chi connectivity index (χ0) is 20.4. The highest BCUT2D eigenvalue weighted by molar-refractivity contribution is 6.00. The van der Waals surface area contributed by atoms with Crippen molar-refractivity contribution in [3.05, 3.63) is 16.2 Å². The molecule has 1 saturated carbocycles. The van der Waals surface area contributed by atoms with Gasteiger partial charge in [-0.25, -0.2) is 4.63 Å². The molecule has 1 aromatic heterocycles. The van der Waals surface area contributed by atoms with Gasteiger partial charge in [0.1, 0.15) is 5.69 Å². The van der Waals surface area contributed by atoms with E-state index in [1.165, 1.54) is 6.42 Å². The van der Waals surface area contributed by atoms with E-state index in [2.05, 4.69) is 36.0 Å². The number of anilines is 2. The number of benzene rings is 1. The van der Waals surface area contributed by atoms with Gasteiger partial charge in [-0.3, -0.25) is 10.1 Å². The summed E-state index contributed by atoms with van der Waals surface area (Å²) in [5, 5.41) is 20.0. The SMILES string of the molecule is CC1(C)CC2CC(C)(CN2c2cc(N3CCOCC3)c([N+](=O)[O-])c3nonc23)C1. The minimum atomic E-state index is -0.367. The van der Waals surface area contributed by atoms with E-state index in [9.17, 15) is 10.1 Å². The molecule has 2 aromatic rings. The first kappa shape index (κ1) is 18.6. The lowest BCUT2D eigenvalue weighted by atomic mass is 9.65. The highest BCUT2D eigenvalue weighted by Gasteiger charge is 2.50. The molecule has 1 aromatic carbocycles. The quantitative estimate of drug-likeness (QED) is 0.570. The zero-order valence-corrected chi connectivity index (χ0v) is 17.2. The Bertz CT molecular complexity index is 967. The van der Waals surface area contributed by atoms with Crippen molar-refractivity contribution in [1.29, 1.82) is 0 Å². The van der Waals surface area contributed by atoms with Gasteiger partial charge in [0.25, 0.3) is 0 Å². The summed E-state index contributed by atoms with van der Waals surface area (Å²) < 4.78 is 10.4. The Morgan fingerprint density at radius 2 is 1.86 bits per heavy atom. The van der Waals surface area contributed by atoms with Crippen molar-refractivity contribution < 1.29 is 14.3 Å². The minimum Gasteiger partial charge on any atom is -0.378 e. The molecule has 9 nitrogen and oxygen atoms in total. The Morgan fingerprint density at radius 3 is 2.59 bits per heavy atom. The summed E-state index contributed by atoms with van der Waals surface area (Å²) in [6.45, 7) is 10.3. The van der Waals surface area contributed by atoms with Crippen molar-refractivity contribution in [1.82, 2.24) is 10.3 Å². The van der Waals surface area contributed by atoms with Crippen LogP contribution < -0.4 is 9.80 Å². The molecule has 0 N–H and O–H groups in total. The predicted octanol–water partition coefficient (Wildman–Crippen LogP) is 3.37. The number of aromatic nitrogens is 2. The number of hydrogen-bond acceptors (Lipinski definition) is 8. The summed E-state index contributed by atoms with van der Waals surface area (Å²) in [7, 11) is 0. The lowest BCUT2D eigenvalue weighted by molar-refractivity contribution is -0.382. The summed E-state index contributed by atoms with van der Waals surface area (Å²) in [5.41, 5.74) is 2.70. The maximum Gasteiger partial charge on any atom is 0.323 e. The number of nitro benzene ring substituents is 1. The number of nitrogens with zero attached hydrogens (tertiary/aromatic N) is 5. The normalized spacial score (nSPS) is 28.9. The lowest BCUT2D eigenvalue weighted by Gasteiger charge is -2.39. The summed E-state index contributed by atoms with van der Waals surface area (Å²) in [4.78, 5) is 16.0. The molecule has 1 aliphatic carbocycles. The molecular weight excluding hydrogens is 374 g/mol. The Morgan fingerprint density at radius 1 is 1.14 bits per heavy atom. The number of morpholine rings is 1. The van der Waals surface area contributed by atoms with Crippen LogP contribution in [0.15, 0.2) is 10.7 Å². The summed E-state index contributed by atoms with van der Waals surface area (Å²) >= 11 is 0. The molecule has 2 bridgehead atoms. The molecule has 3 heterocycles. The van der Waals surface area contributed by atoms with E-state index < -0.39 is 0 Å². The molecule has 0 spiro atoms. The number of fused-ring (bicyclic) bond motifs is 3. The second kappa shape index (κ2) is 6.29. The van der Waals surface area contributed by atoms with Gasteiger partial charge in [-0.05, 0) is 46.5 Å². The topological polar surface area (TPSA) is 97.8 Å². The summed E-state index contributed by atoms with van der Waals surface area (Å²) in [6, 6.07) is 2.33. The second-order valence-electron chi connectivity index (χ2n) is 9.92. The smallest absolute Gasteiger partial charge is 0.323 e. The van der Waals surface area contributed by atoms with Crippen molar-refractivity contribution in [3.63, 3.8) is 0 Å². The molecule has 2 aliphatic heterocycles. The molecule has 2 saturated heterocycles. The highest BCUT2D eigenvalue weighted by atomic mass is 16.6. The van der Waals surface area contributed by atoms with Crippen LogP contribution in [0.2, 0.25) is 0 Å². The van der Waals surface area contributed by atoms with Crippen LogP contribution in [0.4, 0.5) is 17.1 Å².